The normalized spacial score (nSPS) is 39.4. The van der Waals surface area contributed by atoms with E-state index < -0.39 is 0 Å². The SMILES string of the molecule is CCC1=N[C@@]2(CC[C@@H]3CN(CC4CC4)C[C@@H]32)C(=O)N1CC. The predicted octanol–water partition coefficient (Wildman–Crippen LogP) is 2.15. The number of fused-ring (bicyclic) bond motifs is 2. The van der Waals surface area contributed by atoms with Crippen molar-refractivity contribution in [3.05, 3.63) is 0 Å². The second-order valence-corrected chi connectivity index (χ2v) is 7.42. The first-order chi connectivity index (χ1) is 10.2. The zero-order valence-electron chi connectivity index (χ0n) is 13.3. The summed E-state index contributed by atoms with van der Waals surface area (Å²) in [6.07, 6.45) is 5.88. The molecule has 3 atom stereocenters. The van der Waals surface area contributed by atoms with Gasteiger partial charge in [-0.3, -0.25) is 14.7 Å². The van der Waals surface area contributed by atoms with Gasteiger partial charge in [-0.2, -0.15) is 0 Å². The topological polar surface area (TPSA) is 35.9 Å². The van der Waals surface area contributed by atoms with Crippen LogP contribution < -0.4 is 0 Å². The van der Waals surface area contributed by atoms with Crippen molar-refractivity contribution >= 4 is 11.7 Å². The van der Waals surface area contributed by atoms with E-state index in [4.69, 9.17) is 4.99 Å². The maximum Gasteiger partial charge on any atom is 0.256 e. The summed E-state index contributed by atoms with van der Waals surface area (Å²) in [6.45, 7) is 8.54. The molecule has 0 unspecified atom stereocenters. The highest BCUT2D eigenvalue weighted by Gasteiger charge is 2.60. The first-order valence-corrected chi connectivity index (χ1v) is 8.81. The molecule has 0 aromatic heterocycles. The van der Waals surface area contributed by atoms with Crippen molar-refractivity contribution in [1.29, 1.82) is 0 Å². The summed E-state index contributed by atoms with van der Waals surface area (Å²) >= 11 is 0. The number of likely N-dealkylation sites (N-methyl/N-ethyl adjacent to an activating group) is 1. The molecule has 2 aliphatic carbocycles. The minimum atomic E-state index is -0.385. The Balaban J connectivity index is 1.57. The number of likely N-dealkylation sites (tertiary alicyclic amines) is 1. The molecule has 0 aromatic carbocycles. The van der Waals surface area contributed by atoms with Gasteiger partial charge < -0.3 is 4.90 Å². The van der Waals surface area contributed by atoms with Gasteiger partial charge in [0, 0.05) is 38.5 Å². The minimum absolute atomic E-state index is 0.308. The lowest BCUT2D eigenvalue weighted by molar-refractivity contribution is -0.132. The third-order valence-electron chi connectivity index (χ3n) is 6.13. The number of carbonyl (C=O) groups is 1. The number of carbonyl (C=O) groups excluding carboxylic acids is 1. The zero-order valence-corrected chi connectivity index (χ0v) is 13.3. The van der Waals surface area contributed by atoms with Gasteiger partial charge in [-0.05, 0) is 44.4 Å². The van der Waals surface area contributed by atoms with Gasteiger partial charge in [-0.25, -0.2) is 0 Å². The molecule has 3 fully saturated rings. The summed E-state index contributed by atoms with van der Waals surface area (Å²) < 4.78 is 0. The summed E-state index contributed by atoms with van der Waals surface area (Å²) in [5.74, 6) is 3.46. The van der Waals surface area contributed by atoms with E-state index in [-0.39, 0.29) is 5.54 Å². The lowest BCUT2D eigenvalue weighted by Crippen LogP contribution is -2.46. The second-order valence-electron chi connectivity index (χ2n) is 7.42. The van der Waals surface area contributed by atoms with Crippen molar-refractivity contribution in [2.75, 3.05) is 26.2 Å². The standard InChI is InChI=1S/C17H27N3O/c1-3-15-18-17(16(21)20(15)4-2)8-7-13-10-19(11-14(13)17)9-12-5-6-12/h12-14H,3-11H2,1-2H3/t13-,14+,17-/m1/s1. The lowest BCUT2D eigenvalue weighted by atomic mass is 9.85. The molecule has 2 heterocycles. The highest BCUT2D eigenvalue weighted by molar-refractivity contribution is 6.08. The van der Waals surface area contributed by atoms with E-state index in [1.165, 1.54) is 32.4 Å². The molecule has 4 heteroatoms. The van der Waals surface area contributed by atoms with Crippen LogP contribution in [0, 0.1) is 17.8 Å². The van der Waals surface area contributed by atoms with Crippen LogP contribution in [0.3, 0.4) is 0 Å². The van der Waals surface area contributed by atoms with Crippen molar-refractivity contribution < 1.29 is 4.79 Å². The molecule has 1 saturated heterocycles. The van der Waals surface area contributed by atoms with E-state index in [0.29, 0.717) is 17.7 Å². The molecule has 21 heavy (non-hydrogen) atoms. The molecule has 1 spiro atoms. The number of rotatable bonds is 4. The van der Waals surface area contributed by atoms with Gasteiger partial charge in [-0.15, -0.1) is 0 Å². The largest absolute Gasteiger partial charge is 0.302 e. The highest BCUT2D eigenvalue weighted by atomic mass is 16.2. The second kappa shape index (κ2) is 4.80. The fraction of sp³-hybridized carbons (Fsp3) is 0.882. The molecule has 116 valence electrons. The van der Waals surface area contributed by atoms with Crippen LogP contribution in [0.5, 0.6) is 0 Å². The average Bonchev–Trinajstić information content (AvgIpc) is 2.99. The molecule has 1 amide bonds. The van der Waals surface area contributed by atoms with Crippen LogP contribution in [0.4, 0.5) is 0 Å². The van der Waals surface area contributed by atoms with Gasteiger partial charge in [0.05, 0.1) is 0 Å². The van der Waals surface area contributed by atoms with Gasteiger partial charge in [0.1, 0.15) is 11.4 Å². The van der Waals surface area contributed by atoms with Crippen molar-refractivity contribution in [1.82, 2.24) is 9.80 Å². The Morgan fingerprint density at radius 1 is 1.24 bits per heavy atom. The van der Waals surface area contributed by atoms with E-state index in [2.05, 4.69) is 18.7 Å². The van der Waals surface area contributed by atoms with Gasteiger partial charge in [0.2, 0.25) is 0 Å². The van der Waals surface area contributed by atoms with Crippen LogP contribution in [0.1, 0.15) is 46.0 Å². The minimum Gasteiger partial charge on any atom is -0.302 e. The molecule has 0 radical (unpaired) electrons. The molecule has 2 aliphatic heterocycles. The van der Waals surface area contributed by atoms with Crippen LogP contribution in [0.15, 0.2) is 4.99 Å². The van der Waals surface area contributed by atoms with Crippen molar-refractivity contribution in [3.8, 4) is 0 Å². The van der Waals surface area contributed by atoms with E-state index in [0.717, 1.165) is 37.7 Å². The first kappa shape index (κ1) is 13.7. The maximum absolute atomic E-state index is 13.0. The number of hydrogen-bond donors (Lipinski definition) is 0. The zero-order chi connectivity index (χ0) is 14.6. The Morgan fingerprint density at radius 2 is 2.05 bits per heavy atom. The number of aliphatic imine (C=N–C) groups is 1. The number of hydrogen-bond acceptors (Lipinski definition) is 3. The molecule has 2 saturated carbocycles. The lowest BCUT2D eigenvalue weighted by Gasteiger charge is -2.28. The Bertz CT molecular complexity index is 484. The number of amides is 1. The van der Waals surface area contributed by atoms with Crippen LogP contribution in [0.25, 0.3) is 0 Å². The smallest absolute Gasteiger partial charge is 0.256 e. The molecule has 4 nitrogen and oxygen atoms in total. The highest BCUT2D eigenvalue weighted by Crippen LogP contribution is 2.50. The Hall–Kier alpha value is -0.900. The van der Waals surface area contributed by atoms with Crippen molar-refractivity contribution in [2.45, 2.75) is 51.5 Å². The number of nitrogens with zero attached hydrogens (tertiary/aromatic N) is 3. The Kier molecular flexibility index (Phi) is 3.14. The van der Waals surface area contributed by atoms with Crippen LogP contribution in [0.2, 0.25) is 0 Å². The van der Waals surface area contributed by atoms with Crippen LogP contribution >= 0.6 is 0 Å². The van der Waals surface area contributed by atoms with Gasteiger partial charge in [0.25, 0.3) is 5.91 Å². The van der Waals surface area contributed by atoms with Gasteiger partial charge >= 0.3 is 0 Å². The van der Waals surface area contributed by atoms with Crippen molar-refractivity contribution in [2.24, 2.45) is 22.7 Å². The maximum atomic E-state index is 13.0. The monoisotopic (exact) mass is 289 g/mol. The summed E-state index contributed by atoms with van der Waals surface area (Å²) in [5, 5.41) is 0. The summed E-state index contributed by atoms with van der Waals surface area (Å²) in [6, 6.07) is 0. The van der Waals surface area contributed by atoms with E-state index in [1.54, 1.807) is 0 Å². The molecular weight excluding hydrogens is 262 g/mol. The first-order valence-electron chi connectivity index (χ1n) is 8.81. The van der Waals surface area contributed by atoms with E-state index >= 15 is 0 Å². The molecule has 0 bridgehead atoms. The van der Waals surface area contributed by atoms with E-state index in [1.807, 2.05) is 4.90 Å². The summed E-state index contributed by atoms with van der Waals surface area (Å²) in [4.78, 5) is 22.6. The van der Waals surface area contributed by atoms with Crippen LogP contribution in [-0.4, -0.2) is 53.3 Å². The molecule has 4 aliphatic rings. The average molecular weight is 289 g/mol. The number of amidine groups is 1. The third-order valence-corrected chi connectivity index (χ3v) is 6.13. The van der Waals surface area contributed by atoms with Crippen molar-refractivity contribution in [3.63, 3.8) is 0 Å². The van der Waals surface area contributed by atoms with E-state index in [9.17, 15) is 4.79 Å². The Morgan fingerprint density at radius 3 is 2.67 bits per heavy atom. The molecule has 4 rings (SSSR count). The predicted molar refractivity (Wildman–Crippen MR) is 83.2 cm³/mol. The quantitative estimate of drug-likeness (QED) is 0.795. The molecular formula is C17H27N3O. The molecule has 0 aromatic rings. The Labute approximate surface area is 127 Å². The van der Waals surface area contributed by atoms with Gasteiger partial charge in [0.15, 0.2) is 0 Å². The van der Waals surface area contributed by atoms with Gasteiger partial charge in [-0.1, -0.05) is 6.92 Å². The summed E-state index contributed by atoms with van der Waals surface area (Å²) in [5.41, 5.74) is -0.385. The fourth-order valence-electron chi connectivity index (χ4n) is 4.89. The fourth-order valence-corrected chi connectivity index (χ4v) is 4.89. The third kappa shape index (κ3) is 1.98. The molecule has 0 N–H and O–H groups in total. The summed E-state index contributed by atoms with van der Waals surface area (Å²) in [7, 11) is 0. The van der Waals surface area contributed by atoms with Crippen LogP contribution in [-0.2, 0) is 4.79 Å².